The molecular weight excluding hydrogens is 290 g/mol. The third-order valence-electron chi connectivity index (χ3n) is 3.53. The van der Waals surface area contributed by atoms with E-state index in [2.05, 4.69) is 4.98 Å². The standard InChI is InChI=1S/C14H15N3O3S/c1-10-12(15-9-20-10)14(19)17-6-4-16(5-7-17)13(18)11-3-2-8-21-11/h2-3,8-9H,4-7H2,1H3. The summed E-state index contributed by atoms with van der Waals surface area (Å²) in [6, 6.07) is 3.69. The summed E-state index contributed by atoms with van der Waals surface area (Å²) in [7, 11) is 0. The van der Waals surface area contributed by atoms with E-state index in [1.54, 1.807) is 16.7 Å². The Bertz CT molecular complexity index is 642. The van der Waals surface area contributed by atoms with Crippen molar-refractivity contribution in [3.05, 3.63) is 40.2 Å². The summed E-state index contributed by atoms with van der Waals surface area (Å²) < 4.78 is 5.06. The molecule has 0 aliphatic carbocycles. The third kappa shape index (κ3) is 2.69. The Morgan fingerprint density at radius 2 is 1.86 bits per heavy atom. The van der Waals surface area contributed by atoms with E-state index < -0.39 is 0 Å². The molecule has 1 fully saturated rings. The van der Waals surface area contributed by atoms with Crippen LogP contribution in [0.3, 0.4) is 0 Å². The maximum atomic E-state index is 12.3. The fourth-order valence-corrected chi connectivity index (χ4v) is 3.02. The van der Waals surface area contributed by atoms with Gasteiger partial charge in [0.15, 0.2) is 12.1 Å². The monoisotopic (exact) mass is 305 g/mol. The van der Waals surface area contributed by atoms with Gasteiger partial charge >= 0.3 is 0 Å². The third-order valence-corrected chi connectivity index (χ3v) is 4.39. The van der Waals surface area contributed by atoms with Crippen LogP contribution < -0.4 is 0 Å². The van der Waals surface area contributed by atoms with Gasteiger partial charge in [0, 0.05) is 26.2 Å². The number of aromatic nitrogens is 1. The van der Waals surface area contributed by atoms with Crippen LogP contribution in [0, 0.1) is 6.92 Å². The first-order chi connectivity index (χ1) is 10.2. The lowest BCUT2D eigenvalue weighted by molar-refractivity contribution is 0.0534. The van der Waals surface area contributed by atoms with Crippen LogP contribution in [0.15, 0.2) is 28.3 Å². The van der Waals surface area contributed by atoms with Gasteiger partial charge in [-0.2, -0.15) is 0 Å². The van der Waals surface area contributed by atoms with Crippen molar-refractivity contribution >= 4 is 23.2 Å². The Balaban J connectivity index is 1.62. The molecule has 0 spiro atoms. The molecule has 0 bridgehead atoms. The van der Waals surface area contributed by atoms with Gasteiger partial charge in [-0.25, -0.2) is 4.98 Å². The van der Waals surface area contributed by atoms with Crippen molar-refractivity contribution in [3.63, 3.8) is 0 Å². The molecule has 3 heterocycles. The minimum Gasteiger partial charge on any atom is -0.448 e. The molecule has 2 aromatic rings. The van der Waals surface area contributed by atoms with Crippen LogP contribution in [0.2, 0.25) is 0 Å². The van der Waals surface area contributed by atoms with Crippen molar-refractivity contribution in [2.24, 2.45) is 0 Å². The van der Waals surface area contributed by atoms with Gasteiger partial charge in [-0.1, -0.05) is 6.07 Å². The largest absolute Gasteiger partial charge is 0.448 e. The van der Waals surface area contributed by atoms with E-state index >= 15 is 0 Å². The predicted molar refractivity (Wildman–Crippen MR) is 77.4 cm³/mol. The molecule has 1 saturated heterocycles. The molecule has 2 amide bonds. The summed E-state index contributed by atoms with van der Waals surface area (Å²) in [5.41, 5.74) is 0.355. The molecular formula is C14H15N3O3S. The molecule has 3 rings (SSSR count). The zero-order valence-corrected chi connectivity index (χ0v) is 12.4. The molecule has 1 aliphatic heterocycles. The number of amides is 2. The number of hydrogen-bond donors (Lipinski definition) is 0. The lowest BCUT2D eigenvalue weighted by Crippen LogP contribution is -2.50. The summed E-state index contributed by atoms with van der Waals surface area (Å²) >= 11 is 1.44. The fraction of sp³-hybridized carbons (Fsp3) is 0.357. The second-order valence-electron chi connectivity index (χ2n) is 4.82. The van der Waals surface area contributed by atoms with E-state index in [9.17, 15) is 9.59 Å². The Kier molecular flexibility index (Phi) is 3.74. The highest BCUT2D eigenvalue weighted by Gasteiger charge is 2.27. The van der Waals surface area contributed by atoms with Crippen molar-refractivity contribution in [2.75, 3.05) is 26.2 Å². The normalized spacial score (nSPS) is 15.3. The Hall–Kier alpha value is -2.15. The maximum Gasteiger partial charge on any atom is 0.276 e. The van der Waals surface area contributed by atoms with Crippen LogP contribution in [0.25, 0.3) is 0 Å². The molecule has 2 aromatic heterocycles. The average molecular weight is 305 g/mol. The molecule has 0 saturated carbocycles. The summed E-state index contributed by atoms with van der Waals surface area (Å²) in [6.07, 6.45) is 1.28. The number of oxazole rings is 1. The quantitative estimate of drug-likeness (QED) is 0.846. The molecule has 0 radical (unpaired) electrons. The number of nitrogens with zero attached hydrogens (tertiary/aromatic N) is 3. The molecule has 6 nitrogen and oxygen atoms in total. The van der Waals surface area contributed by atoms with Crippen LogP contribution >= 0.6 is 11.3 Å². The molecule has 21 heavy (non-hydrogen) atoms. The minimum absolute atomic E-state index is 0.0368. The Labute approximate surface area is 126 Å². The van der Waals surface area contributed by atoms with E-state index in [1.165, 1.54) is 17.7 Å². The molecule has 7 heteroatoms. The van der Waals surface area contributed by atoms with E-state index in [0.29, 0.717) is 37.6 Å². The van der Waals surface area contributed by atoms with Gasteiger partial charge in [-0.05, 0) is 18.4 Å². The van der Waals surface area contributed by atoms with Gasteiger partial charge in [0.2, 0.25) is 0 Å². The highest BCUT2D eigenvalue weighted by Crippen LogP contribution is 2.15. The molecule has 0 N–H and O–H groups in total. The van der Waals surface area contributed by atoms with Crippen molar-refractivity contribution in [1.29, 1.82) is 0 Å². The van der Waals surface area contributed by atoms with Crippen LogP contribution in [0.1, 0.15) is 25.9 Å². The number of aryl methyl sites for hydroxylation is 1. The Morgan fingerprint density at radius 1 is 1.19 bits per heavy atom. The number of carbonyl (C=O) groups is 2. The van der Waals surface area contributed by atoms with Crippen molar-refractivity contribution < 1.29 is 14.0 Å². The first kappa shape index (κ1) is 13.8. The van der Waals surface area contributed by atoms with Crippen LogP contribution in [0.5, 0.6) is 0 Å². The molecule has 0 atom stereocenters. The smallest absolute Gasteiger partial charge is 0.276 e. The lowest BCUT2D eigenvalue weighted by atomic mass is 10.2. The van der Waals surface area contributed by atoms with Crippen molar-refractivity contribution in [1.82, 2.24) is 14.8 Å². The minimum atomic E-state index is -0.135. The summed E-state index contributed by atoms with van der Waals surface area (Å²) in [4.78, 5) is 32.7. The molecule has 110 valence electrons. The maximum absolute atomic E-state index is 12.3. The summed E-state index contributed by atoms with van der Waals surface area (Å²) in [6.45, 7) is 3.83. The molecule has 0 unspecified atom stereocenters. The van der Waals surface area contributed by atoms with Gasteiger partial charge < -0.3 is 14.2 Å². The van der Waals surface area contributed by atoms with Gasteiger partial charge in [0.25, 0.3) is 11.8 Å². The average Bonchev–Trinajstić information content (AvgIpc) is 3.17. The molecule has 1 aliphatic rings. The topological polar surface area (TPSA) is 66.7 Å². The number of rotatable bonds is 2. The first-order valence-corrected chi connectivity index (χ1v) is 7.57. The van der Waals surface area contributed by atoms with Gasteiger partial charge in [-0.15, -0.1) is 11.3 Å². The van der Waals surface area contributed by atoms with Crippen molar-refractivity contribution in [2.45, 2.75) is 6.92 Å². The van der Waals surface area contributed by atoms with Gasteiger partial charge in [0.05, 0.1) is 4.88 Å². The second-order valence-corrected chi connectivity index (χ2v) is 5.77. The molecule has 0 aromatic carbocycles. The zero-order chi connectivity index (χ0) is 14.8. The summed E-state index contributed by atoms with van der Waals surface area (Å²) in [5.74, 6) is 0.427. The van der Waals surface area contributed by atoms with Gasteiger partial charge in [0.1, 0.15) is 5.76 Å². The van der Waals surface area contributed by atoms with Gasteiger partial charge in [-0.3, -0.25) is 9.59 Å². The van der Waals surface area contributed by atoms with Crippen LogP contribution in [-0.2, 0) is 0 Å². The van der Waals surface area contributed by atoms with Crippen LogP contribution in [0.4, 0.5) is 0 Å². The van der Waals surface area contributed by atoms with Crippen molar-refractivity contribution in [3.8, 4) is 0 Å². The predicted octanol–water partition coefficient (Wildman–Crippen LogP) is 1.64. The summed E-state index contributed by atoms with van der Waals surface area (Å²) in [5, 5.41) is 1.89. The Morgan fingerprint density at radius 3 is 2.38 bits per heavy atom. The van der Waals surface area contributed by atoms with E-state index in [1.807, 2.05) is 17.5 Å². The second kappa shape index (κ2) is 5.69. The van der Waals surface area contributed by atoms with E-state index in [-0.39, 0.29) is 11.8 Å². The number of thiophene rings is 1. The lowest BCUT2D eigenvalue weighted by Gasteiger charge is -2.34. The highest BCUT2D eigenvalue weighted by molar-refractivity contribution is 7.12. The SMILES string of the molecule is Cc1ocnc1C(=O)N1CCN(C(=O)c2cccs2)CC1. The highest BCUT2D eigenvalue weighted by atomic mass is 32.1. The van der Waals surface area contributed by atoms with E-state index in [0.717, 1.165) is 4.88 Å². The number of hydrogen-bond acceptors (Lipinski definition) is 5. The fourth-order valence-electron chi connectivity index (χ4n) is 2.33. The number of piperazine rings is 1. The number of carbonyl (C=O) groups excluding carboxylic acids is 2. The zero-order valence-electron chi connectivity index (χ0n) is 11.6. The van der Waals surface area contributed by atoms with Crippen LogP contribution in [-0.4, -0.2) is 52.8 Å². The first-order valence-electron chi connectivity index (χ1n) is 6.69. The van der Waals surface area contributed by atoms with E-state index in [4.69, 9.17) is 4.42 Å².